The third-order valence-corrected chi connectivity index (χ3v) is 10.4. The number of hydrogen-bond acceptors (Lipinski definition) is 7. The number of amides is 2. The summed E-state index contributed by atoms with van der Waals surface area (Å²) in [5.41, 5.74) is 6.41. The second kappa shape index (κ2) is 56.0. The number of aliphatic carboxylic acids is 2. The smallest absolute Gasteiger partial charge is 0.768 e. The van der Waals surface area contributed by atoms with Crippen molar-refractivity contribution in [3.63, 3.8) is 0 Å². The average Bonchev–Trinajstić information content (AvgIpc) is 3.06. The summed E-state index contributed by atoms with van der Waals surface area (Å²) in [5, 5.41) is 24.7. The second-order valence-electron chi connectivity index (χ2n) is 13.8. The molecule has 0 heterocycles. The number of rotatable bonds is 30. The van der Waals surface area contributed by atoms with Crippen molar-refractivity contribution in [3.05, 3.63) is 29.8 Å². The number of carbonyl (C=O) groups is 4. The number of nitrogens with one attached hydrogen (secondary N) is 1. The Labute approximate surface area is 448 Å². The first-order valence-corrected chi connectivity index (χ1v) is 19.7. The summed E-state index contributed by atoms with van der Waals surface area (Å²) in [6.07, 6.45) is 17.5. The zero-order chi connectivity index (χ0) is 36.6. The van der Waals surface area contributed by atoms with E-state index in [0.29, 0.717) is 13.0 Å². The summed E-state index contributed by atoms with van der Waals surface area (Å²) in [6.45, 7) is 6.02. The van der Waals surface area contributed by atoms with Crippen LogP contribution in [0.5, 0.6) is 0 Å². The van der Waals surface area contributed by atoms with Crippen LogP contribution < -0.4 is 97.1 Å². The molecule has 0 aliphatic heterocycles. The topological polar surface area (TPSA) is 190 Å². The van der Waals surface area contributed by atoms with Crippen LogP contribution in [-0.2, 0) is 30.3 Å². The molecular formula is C48H102KN2NaO8S. The van der Waals surface area contributed by atoms with Gasteiger partial charge >= 0.3 is 86.9 Å². The molecular weight excluding hydrogens is 827 g/mol. The Kier molecular flexibility index (Phi) is 83.8. The summed E-state index contributed by atoms with van der Waals surface area (Å²) in [5.74, 6) is -7.50. The summed E-state index contributed by atoms with van der Waals surface area (Å²) < 4.78 is 22.6. The predicted octanol–water partition coefficient (Wildman–Crippen LogP) is 6.75. The van der Waals surface area contributed by atoms with Gasteiger partial charge in [-0.2, -0.15) is 0 Å². The third kappa shape index (κ3) is 42.3. The van der Waals surface area contributed by atoms with Gasteiger partial charge in [0.15, 0.2) is 0 Å². The SMILES string of the molecule is C.C.C.C.C.C.C.C.C.C.CCCCCCCCCCCCCCCCNC(=O)C(CC(CC(C)C(=O)O)C(N)=O)CC(CC(CC)c1ccc(S(=O)[O-])cc1)C(=O)[O-].[K+].[Na+]. The fraction of sp³-hybridized carbons (Fsp3) is 0.792. The van der Waals surface area contributed by atoms with Crippen molar-refractivity contribution >= 4 is 34.8 Å². The Bertz CT molecular complexity index is 1150. The third-order valence-electron chi connectivity index (χ3n) is 9.74. The fourth-order valence-electron chi connectivity index (χ4n) is 6.55. The van der Waals surface area contributed by atoms with Crippen LogP contribution in [0.2, 0.25) is 0 Å². The van der Waals surface area contributed by atoms with Gasteiger partial charge in [-0.1, -0.05) is 191 Å². The van der Waals surface area contributed by atoms with Crippen molar-refractivity contribution in [2.24, 2.45) is 29.4 Å². The quantitative estimate of drug-likeness (QED) is 0.0429. The number of benzene rings is 1. The molecule has 1 rings (SSSR count). The Balaban J connectivity index is -0.000000200. The van der Waals surface area contributed by atoms with E-state index in [1.807, 2.05) is 6.92 Å². The standard InChI is InChI=1S/C38H64N2O8S.10CH4.K.Na/c1-4-6-7-8-9-10-11-12-13-14-15-16-17-18-23-40-36(42)32(26-31(35(39)41)24-28(3)37(43)44)27-33(38(45)46)25-29(5-2)30-19-21-34(22-20-30)49(47)48;;;;;;;;;;;;/h19-22,28-29,31-33H,4-18,23-27H2,1-3H3,(H2,39,41)(H,40,42)(H,43,44)(H,45,46)(H,47,48);10*1H4;;/q;;;;;;;;;;;2*+1/p-2. The van der Waals surface area contributed by atoms with Crippen LogP contribution in [0.4, 0.5) is 0 Å². The minimum atomic E-state index is -2.38. The Hall–Kier alpha value is -0.154. The molecule has 0 spiro atoms. The Morgan fingerprint density at radius 3 is 1.39 bits per heavy atom. The summed E-state index contributed by atoms with van der Waals surface area (Å²) in [7, 11) is 0. The largest absolute Gasteiger partial charge is 1.00 e. The molecule has 10 nitrogen and oxygen atoms in total. The van der Waals surface area contributed by atoms with E-state index >= 15 is 0 Å². The van der Waals surface area contributed by atoms with E-state index in [-0.39, 0.29) is 198 Å². The van der Waals surface area contributed by atoms with Crippen molar-refractivity contribution in [3.8, 4) is 0 Å². The molecule has 61 heavy (non-hydrogen) atoms. The van der Waals surface area contributed by atoms with Crippen LogP contribution in [0.3, 0.4) is 0 Å². The number of hydrogen-bond donors (Lipinski definition) is 3. The monoisotopic (exact) mass is 929 g/mol. The van der Waals surface area contributed by atoms with Crippen molar-refractivity contribution < 1.29 is 119 Å². The van der Waals surface area contributed by atoms with Gasteiger partial charge in [-0.3, -0.25) is 18.6 Å². The Morgan fingerprint density at radius 1 is 0.656 bits per heavy atom. The van der Waals surface area contributed by atoms with Crippen LogP contribution >= 0.6 is 0 Å². The van der Waals surface area contributed by atoms with E-state index in [9.17, 15) is 38.2 Å². The first kappa shape index (κ1) is 91.3. The molecule has 1 aromatic carbocycles. The van der Waals surface area contributed by atoms with Gasteiger partial charge in [0, 0.05) is 29.2 Å². The number of nitrogens with two attached hydrogens (primary N) is 1. The van der Waals surface area contributed by atoms with Crippen LogP contribution in [0.25, 0.3) is 0 Å². The minimum absolute atomic E-state index is 0. The van der Waals surface area contributed by atoms with Crippen molar-refractivity contribution in [2.45, 2.75) is 228 Å². The summed E-state index contributed by atoms with van der Waals surface area (Å²) in [4.78, 5) is 49.9. The summed E-state index contributed by atoms with van der Waals surface area (Å²) in [6, 6.07) is 6.24. The van der Waals surface area contributed by atoms with E-state index in [1.165, 1.54) is 83.3 Å². The van der Waals surface area contributed by atoms with Crippen molar-refractivity contribution in [1.82, 2.24) is 5.32 Å². The van der Waals surface area contributed by atoms with E-state index in [1.54, 1.807) is 12.1 Å². The molecule has 0 saturated carbocycles. The molecule has 6 unspecified atom stereocenters. The number of carboxylic acid groups (broad SMARTS) is 2. The minimum Gasteiger partial charge on any atom is -0.768 e. The van der Waals surface area contributed by atoms with Crippen molar-refractivity contribution in [1.29, 1.82) is 0 Å². The average molecular weight is 930 g/mol. The van der Waals surface area contributed by atoms with Crippen LogP contribution in [0, 0.1) is 23.7 Å². The number of unbranched alkanes of at least 4 members (excludes halogenated alkanes) is 13. The van der Waals surface area contributed by atoms with Gasteiger partial charge < -0.3 is 30.6 Å². The van der Waals surface area contributed by atoms with Gasteiger partial charge in [-0.25, -0.2) is 0 Å². The maximum atomic E-state index is 13.5. The Morgan fingerprint density at radius 2 is 1.05 bits per heavy atom. The molecule has 0 radical (unpaired) electrons. The van der Waals surface area contributed by atoms with E-state index < -0.39 is 52.6 Å². The molecule has 0 aromatic heterocycles. The normalized spacial score (nSPS) is 12.1. The van der Waals surface area contributed by atoms with Crippen LogP contribution in [-0.4, -0.2) is 44.2 Å². The first-order chi connectivity index (χ1) is 23.4. The van der Waals surface area contributed by atoms with Gasteiger partial charge in [0.1, 0.15) is 0 Å². The molecule has 4 N–H and O–H groups in total. The summed E-state index contributed by atoms with van der Waals surface area (Å²) >= 11 is -2.38. The second-order valence-corrected chi connectivity index (χ2v) is 14.7. The fourth-order valence-corrected chi connectivity index (χ4v) is 6.91. The van der Waals surface area contributed by atoms with Crippen LogP contribution in [0.1, 0.15) is 229 Å². The zero-order valence-electron chi connectivity index (χ0n) is 32.1. The zero-order valence-corrected chi connectivity index (χ0v) is 38.1. The van der Waals surface area contributed by atoms with Gasteiger partial charge in [0.25, 0.3) is 0 Å². The number of primary amides is 1. The van der Waals surface area contributed by atoms with E-state index in [0.717, 1.165) is 31.2 Å². The molecule has 0 aliphatic rings. The molecule has 0 aliphatic carbocycles. The van der Waals surface area contributed by atoms with Gasteiger partial charge in [0.2, 0.25) is 11.8 Å². The molecule has 0 bridgehead atoms. The van der Waals surface area contributed by atoms with E-state index in [2.05, 4.69) is 12.2 Å². The molecule has 360 valence electrons. The van der Waals surface area contributed by atoms with Crippen molar-refractivity contribution in [2.75, 3.05) is 6.54 Å². The number of carboxylic acids is 2. The predicted molar refractivity (Wildman–Crippen MR) is 257 cm³/mol. The first-order valence-electron chi connectivity index (χ1n) is 18.6. The van der Waals surface area contributed by atoms with Gasteiger partial charge in [-0.05, 0) is 79.1 Å². The molecule has 2 amide bonds. The number of carbonyl (C=O) groups excluding carboxylic acids is 3. The van der Waals surface area contributed by atoms with Gasteiger partial charge in [0.05, 0.1) is 5.92 Å². The van der Waals surface area contributed by atoms with E-state index in [4.69, 9.17) is 5.73 Å². The van der Waals surface area contributed by atoms with Crippen LogP contribution in [0.15, 0.2) is 29.2 Å². The molecule has 1 aromatic rings. The molecule has 13 heteroatoms. The van der Waals surface area contributed by atoms with Gasteiger partial charge in [-0.15, -0.1) is 0 Å². The molecule has 6 atom stereocenters. The molecule has 0 saturated heterocycles. The maximum Gasteiger partial charge on any atom is 1.00 e. The maximum absolute atomic E-state index is 13.5. The molecule has 0 fully saturated rings.